The van der Waals surface area contributed by atoms with Crippen LogP contribution in [0.25, 0.3) is 28.0 Å². The molecule has 1 N–H and O–H groups in total. The fourth-order valence-electron chi connectivity index (χ4n) is 3.59. The van der Waals surface area contributed by atoms with Crippen molar-refractivity contribution in [3.05, 3.63) is 88.6 Å². The molecule has 5 aromatic rings. The molecule has 0 atom stereocenters. The maximum atomic E-state index is 12.8. The van der Waals surface area contributed by atoms with Gasteiger partial charge in [-0.25, -0.2) is 0 Å². The van der Waals surface area contributed by atoms with Gasteiger partial charge in [-0.2, -0.15) is 4.80 Å². The summed E-state index contributed by atoms with van der Waals surface area (Å²) in [6.45, 7) is 4.10. The minimum absolute atomic E-state index is 0.227. The Hall–Kier alpha value is -4.10. The number of nitrogens with zero attached hydrogens (tertiary/aromatic N) is 3. The van der Waals surface area contributed by atoms with Crippen molar-refractivity contribution in [2.24, 2.45) is 0 Å². The minimum atomic E-state index is -0.344. The summed E-state index contributed by atoms with van der Waals surface area (Å²) in [6, 6.07) is 20.2. The molecule has 0 aliphatic heterocycles. The van der Waals surface area contributed by atoms with Crippen LogP contribution in [-0.4, -0.2) is 28.0 Å². The number of rotatable bonds is 5. The Morgan fingerprint density at radius 3 is 2.53 bits per heavy atom. The average molecular weight is 473 g/mol. The number of furan rings is 1. The number of benzene rings is 3. The molecule has 1 amide bonds. The van der Waals surface area contributed by atoms with Gasteiger partial charge in [0.1, 0.15) is 22.5 Å². The number of fused-ring (bicyclic) bond motifs is 1. The number of aromatic nitrogens is 3. The molecular weight excluding hydrogens is 452 g/mol. The van der Waals surface area contributed by atoms with Crippen LogP contribution in [0.4, 0.5) is 5.69 Å². The molecule has 2 aromatic heterocycles. The molecular formula is C26H21ClN4O3. The summed E-state index contributed by atoms with van der Waals surface area (Å²) in [5.74, 6) is 1.10. The zero-order chi connectivity index (χ0) is 23.8. The second-order valence-electron chi connectivity index (χ2n) is 7.93. The third kappa shape index (κ3) is 4.13. The summed E-state index contributed by atoms with van der Waals surface area (Å²) in [4.78, 5) is 14.3. The van der Waals surface area contributed by atoms with Crippen LogP contribution in [0.15, 0.2) is 71.1 Å². The predicted molar refractivity (Wildman–Crippen MR) is 132 cm³/mol. The number of methoxy groups -OCH3 is 1. The zero-order valence-electron chi connectivity index (χ0n) is 18.8. The van der Waals surface area contributed by atoms with E-state index in [4.69, 9.17) is 20.8 Å². The highest BCUT2D eigenvalue weighted by Crippen LogP contribution is 2.28. The fraction of sp³-hybridized carbons (Fsp3) is 0.115. The van der Waals surface area contributed by atoms with Gasteiger partial charge in [0.2, 0.25) is 0 Å². The molecule has 2 heterocycles. The van der Waals surface area contributed by atoms with Crippen LogP contribution in [0, 0.1) is 13.8 Å². The molecule has 0 saturated heterocycles. The first-order chi connectivity index (χ1) is 16.4. The van der Waals surface area contributed by atoms with E-state index in [1.54, 1.807) is 49.6 Å². The van der Waals surface area contributed by atoms with Crippen molar-refractivity contribution in [3.8, 4) is 22.8 Å². The molecule has 0 fully saturated rings. The third-order valence-corrected chi connectivity index (χ3v) is 5.92. The van der Waals surface area contributed by atoms with Gasteiger partial charge in [-0.3, -0.25) is 4.79 Å². The monoisotopic (exact) mass is 472 g/mol. The lowest BCUT2D eigenvalue weighted by Gasteiger charge is -2.04. The topological polar surface area (TPSA) is 82.2 Å². The number of anilines is 1. The summed E-state index contributed by atoms with van der Waals surface area (Å²) in [6.07, 6.45) is 0. The first-order valence-electron chi connectivity index (χ1n) is 10.6. The molecule has 0 spiro atoms. The highest BCUT2D eigenvalue weighted by molar-refractivity contribution is 6.32. The Bertz CT molecular complexity index is 1540. The Morgan fingerprint density at radius 1 is 0.941 bits per heavy atom. The van der Waals surface area contributed by atoms with E-state index in [0.717, 1.165) is 11.1 Å². The predicted octanol–water partition coefficient (Wildman–Crippen LogP) is 6.21. The van der Waals surface area contributed by atoms with Crippen LogP contribution in [0.1, 0.15) is 21.7 Å². The van der Waals surface area contributed by atoms with Crippen LogP contribution >= 0.6 is 11.6 Å². The van der Waals surface area contributed by atoms with Gasteiger partial charge < -0.3 is 14.5 Å². The number of hydrogen-bond acceptors (Lipinski definition) is 5. The van der Waals surface area contributed by atoms with Crippen LogP contribution in [0.3, 0.4) is 0 Å². The van der Waals surface area contributed by atoms with Crippen molar-refractivity contribution in [2.45, 2.75) is 13.8 Å². The number of amides is 1. The van der Waals surface area contributed by atoms with E-state index in [1.165, 1.54) is 10.4 Å². The molecule has 8 heteroatoms. The fourth-order valence-corrected chi connectivity index (χ4v) is 3.84. The SMILES string of the molecule is COc1ccc(-n2nc3ccc(NC(=O)c4ccc(-c5ccc(C)c(C)c5)o4)cc3n2)cc1Cl. The lowest BCUT2D eigenvalue weighted by atomic mass is 10.1. The lowest BCUT2D eigenvalue weighted by Crippen LogP contribution is -2.10. The first-order valence-corrected chi connectivity index (χ1v) is 11.0. The maximum Gasteiger partial charge on any atom is 0.291 e. The Labute approximate surface area is 200 Å². The van der Waals surface area contributed by atoms with Gasteiger partial charge in [-0.15, -0.1) is 10.2 Å². The third-order valence-electron chi connectivity index (χ3n) is 5.63. The molecule has 3 aromatic carbocycles. The Morgan fingerprint density at radius 2 is 1.76 bits per heavy atom. The van der Waals surface area contributed by atoms with E-state index < -0.39 is 0 Å². The summed E-state index contributed by atoms with van der Waals surface area (Å²) >= 11 is 6.22. The number of carbonyl (C=O) groups is 1. The number of nitrogens with one attached hydrogen (secondary N) is 1. The Kier molecular flexibility index (Phi) is 5.55. The summed E-state index contributed by atoms with van der Waals surface area (Å²) in [7, 11) is 1.56. The van der Waals surface area contributed by atoms with E-state index in [1.807, 2.05) is 31.2 Å². The number of aryl methyl sites for hydroxylation is 2. The van der Waals surface area contributed by atoms with Crippen LogP contribution in [0.5, 0.6) is 5.75 Å². The highest BCUT2D eigenvalue weighted by Gasteiger charge is 2.14. The van der Waals surface area contributed by atoms with Crippen molar-refractivity contribution >= 4 is 34.2 Å². The lowest BCUT2D eigenvalue weighted by molar-refractivity contribution is 0.0997. The van der Waals surface area contributed by atoms with E-state index in [-0.39, 0.29) is 11.7 Å². The summed E-state index contributed by atoms with van der Waals surface area (Å²) in [5.41, 5.74) is 5.89. The minimum Gasteiger partial charge on any atom is -0.495 e. The van der Waals surface area contributed by atoms with E-state index >= 15 is 0 Å². The van der Waals surface area contributed by atoms with Crippen molar-refractivity contribution in [3.63, 3.8) is 0 Å². The second-order valence-corrected chi connectivity index (χ2v) is 8.34. The molecule has 7 nitrogen and oxygen atoms in total. The van der Waals surface area contributed by atoms with Crippen LogP contribution in [-0.2, 0) is 0 Å². The second kappa shape index (κ2) is 8.68. The maximum absolute atomic E-state index is 12.8. The molecule has 0 radical (unpaired) electrons. The van der Waals surface area contributed by atoms with Crippen molar-refractivity contribution in [2.75, 3.05) is 12.4 Å². The van der Waals surface area contributed by atoms with Gasteiger partial charge in [0.25, 0.3) is 5.91 Å². The molecule has 0 aliphatic carbocycles. The van der Waals surface area contributed by atoms with Gasteiger partial charge in [-0.05, 0) is 79.6 Å². The van der Waals surface area contributed by atoms with Gasteiger partial charge in [0, 0.05) is 11.3 Å². The Balaban J connectivity index is 1.36. The molecule has 0 saturated carbocycles. The number of halogens is 1. The van der Waals surface area contributed by atoms with E-state index in [2.05, 4.69) is 22.4 Å². The highest BCUT2D eigenvalue weighted by atomic mass is 35.5. The van der Waals surface area contributed by atoms with Crippen molar-refractivity contribution in [1.29, 1.82) is 0 Å². The van der Waals surface area contributed by atoms with Gasteiger partial charge in [0.15, 0.2) is 5.76 Å². The van der Waals surface area contributed by atoms with Crippen molar-refractivity contribution < 1.29 is 13.9 Å². The van der Waals surface area contributed by atoms with Gasteiger partial charge in [0.05, 0.1) is 17.8 Å². The number of hydrogen-bond donors (Lipinski definition) is 1. The molecule has 0 aliphatic rings. The smallest absolute Gasteiger partial charge is 0.291 e. The van der Waals surface area contributed by atoms with Crippen LogP contribution in [0.2, 0.25) is 5.02 Å². The zero-order valence-corrected chi connectivity index (χ0v) is 19.6. The molecule has 34 heavy (non-hydrogen) atoms. The van der Waals surface area contributed by atoms with Crippen LogP contribution < -0.4 is 10.1 Å². The number of carbonyl (C=O) groups excluding carboxylic acids is 1. The van der Waals surface area contributed by atoms with E-state index in [9.17, 15) is 4.79 Å². The number of ether oxygens (including phenoxy) is 1. The largest absolute Gasteiger partial charge is 0.495 e. The standard InChI is InChI=1S/C26H21ClN4O3/c1-15-4-5-17(12-16(15)2)23-10-11-25(34-23)26(32)28-18-6-8-21-22(13-18)30-31(29-21)19-7-9-24(33-3)20(27)14-19/h4-14H,1-3H3,(H,28,32). The summed E-state index contributed by atoms with van der Waals surface area (Å²) < 4.78 is 11.0. The molecule has 5 rings (SSSR count). The first kappa shape index (κ1) is 21.7. The molecule has 0 unspecified atom stereocenters. The van der Waals surface area contributed by atoms with E-state index in [0.29, 0.717) is 38.9 Å². The van der Waals surface area contributed by atoms with Gasteiger partial charge >= 0.3 is 0 Å². The quantitative estimate of drug-likeness (QED) is 0.328. The van der Waals surface area contributed by atoms with Gasteiger partial charge in [-0.1, -0.05) is 23.7 Å². The normalized spacial score (nSPS) is 11.1. The van der Waals surface area contributed by atoms with Crippen molar-refractivity contribution in [1.82, 2.24) is 15.0 Å². The average Bonchev–Trinajstić information content (AvgIpc) is 3.48. The molecule has 170 valence electrons. The summed E-state index contributed by atoms with van der Waals surface area (Å²) in [5, 5.41) is 12.3. The molecule has 0 bridgehead atoms.